The quantitative estimate of drug-likeness (QED) is 0.462. The van der Waals surface area contributed by atoms with Crippen LogP contribution in [0.4, 0.5) is 18.9 Å². The van der Waals surface area contributed by atoms with Gasteiger partial charge in [0.1, 0.15) is 5.69 Å². The van der Waals surface area contributed by atoms with Crippen LogP contribution in [0.2, 0.25) is 0 Å². The molecule has 0 saturated heterocycles. The van der Waals surface area contributed by atoms with E-state index in [4.69, 9.17) is 0 Å². The number of alkyl halides is 3. The van der Waals surface area contributed by atoms with Gasteiger partial charge in [0, 0.05) is 7.05 Å². The van der Waals surface area contributed by atoms with Crippen molar-refractivity contribution in [3.05, 3.63) is 88.1 Å². The summed E-state index contributed by atoms with van der Waals surface area (Å²) in [5, 5.41) is 16.6. The molecule has 0 saturated carbocycles. The van der Waals surface area contributed by atoms with Crippen molar-refractivity contribution in [3.8, 4) is 17.1 Å². The normalized spacial score (nSPS) is 11.6. The first-order valence-corrected chi connectivity index (χ1v) is 10.3. The number of aromatic nitrogens is 4. The Hall–Kier alpha value is -4.28. The molecule has 4 rings (SSSR count). The number of halogens is 3. The van der Waals surface area contributed by atoms with E-state index in [-0.39, 0.29) is 11.4 Å². The molecule has 34 heavy (non-hydrogen) atoms. The summed E-state index contributed by atoms with van der Waals surface area (Å²) in [7, 11) is 1.67. The van der Waals surface area contributed by atoms with E-state index in [9.17, 15) is 27.9 Å². The molecule has 0 atom stereocenters. The third-order valence-corrected chi connectivity index (χ3v) is 5.33. The third kappa shape index (κ3) is 3.96. The number of anilines is 1. The Bertz CT molecular complexity index is 1420. The molecule has 0 bridgehead atoms. The standard InChI is InChI=1S/C23H20F3N5O3/c1-3-16-19(22(34)31(29(16)2)14-9-5-4-6-10-14)27-21(33)20-18(32)13-30(28-20)17-12-8-7-11-15(17)23(24,25)26/h4-13,32H,3H2,1-2H3,(H,27,33). The lowest BCUT2D eigenvalue weighted by Gasteiger charge is -2.12. The molecule has 0 aliphatic heterocycles. The summed E-state index contributed by atoms with van der Waals surface area (Å²) >= 11 is 0. The molecule has 0 spiro atoms. The maximum atomic E-state index is 13.4. The molecular weight excluding hydrogens is 451 g/mol. The first-order chi connectivity index (χ1) is 16.1. The van der Waals surface area contributed by atoms with Crippen LogP contribution in [0.5, 0.6) is 5.75 Å². The lowest BCUT2D eigenvalue weighted by Crippen LogP contribution is -2.23. The lowest BCUT2D eigenvalue weighted by molar-refractivity contribution is -0.137. The fourth-order valence-corrected chi connectivity index (χ4v) is 3.77. The topological polar surface area (TPSA) is 94.1 Å². The monoisotopic (exact) mass is 471 g/mol. The van der Waals surface area contributed by atoms with Crippen LogP contribution in [0.25, 0.3) is 11.4 Å². The van der Waals surface area contributed by atoms with Crippen LogP contribution in [-0.2, 0) is 19.6 Å². The van der Waals surface area contributed by atoms with Gasteiger partial charge in [-0.25, -0.2) is 9.36 Å². The number of rotatable bonds is 5. The number of carbonyl (C=O) groups is 1. The summed E-state index contributed by atoms with van der Waals surface area (Å²) in [6.45, 7) is 1.81. The number of aromatic hydroxyl groups is 1. The Morgan fingerprint density at radius 3 is 2.38 bits per heavy atom. The molecule has 0 aliphatic rings. The summed E-state index contributed by atoms with van der Waals surface area (Å²) in [6, 6.07) is 13.5. The second kappa shape index (κ2) is 8.58. The van der Waals surface area contributed by atoms with Crippen molar-refractivity contribution in [2.45, 2.75) is 19.5 Å². The van der Waals surface area contributed by atoms with E-state index in [1.54, 1.807) is 49.0 Å². The van der Waals surface area contributed by atoms with Gasteiger partial charge in [-0.05, 0) is 30.7 Å². The smallest absolute Gasteiger partial charge is 0.418 e. The van der Waals surface area contributed by atoms with Crippen molar-refractivity contribution >= 4 is 11.6 Å². The highest BCUT2D eigenvalue weighted by Crippen LogP contribution is 2.34. The second-order valence-electron chi connectivity index (χ2n) is 7.43. The van der Waals surface area contributed by atoms with Gasteiger partial charge in [0.25, 0.3) is 11.5 Å². The Kier molecular flexibility index (Phi) is 5.78. The molecule has 176 valence electrons. The highest BCUT2D eigenvalue weighted by atomic mass is 19.4. The van der Waals surface area contributed by atoms with E-state index < -0.39 is 34.6 Å². The molecule has 2 heterocycles. The second-order valence-corrected chi connectivity index (χ2v) is 7.43. The van der Waals surface area contributed by atoms with E-state index in [1.165, 1.54) is 22.9 Å². The molecule has 0 fully saturated rings. The zero-order valence-electron chi connectivity index (χ0n) is 18.2. The van der Waals surface area contributed by atoms with Gasteiger partial charge >= 0.3 is 6.18 Å². The maximum Gasteiger partial charge on any atom is 0.418 e. The molecular formula is C23H20F3N5O3. The zero-order chi connectivity index (χ0) is 24.6. The van der Waals surface area contributed by atoms with E-state index in [0.29, 0.717) is 17.8 Å². The van der Waals surface area contributed by atoms with Crippen molar-refractivity contribution in [2.75, 3.05) is 5.32 Å². The summed E-state index contributed by atoms with van der Waals surface area (Å²) in [5.41, 5.74) is -1.27. The van der Waals surface area contributed by atoms with Gasteiger partial charge in [0.15, 0.2) is 11.4 Å². The SMILES string of the molecule is CCc1c(NC(=O)c2nn(-c3ccccc3C(F)(F)F)cc2O)c(=O)n(-c2ccccc2)n1C. The summed E-state index contributed by atoms with van der Waals surface area (Å²) in [4.78, 5) is 26.0. The van der Waals surface area contributed by atoms with E-state index >= 15 is 0 Å². The Morgan fingerprint density at radius 2 is 1.74 bits per heavy atom. The Balaban J connectivity index is 1.73. The Morgan fingerprint density at radius 1 is 1.09 bits per heavy atom. The number of carbonyl (C=O) groups excluding carboxylic acids is 1. The first-order valence-electron chi connectivity index (χ1n) is 10.3. The number of hydrogen-bond donors (Lipinski definition) is 2. The van der Waals surface area contributed by atoms with Gasteiger partial charge in [0.2, 0.25) is 0 Å². The van der Waals surface area contributed by atoms with Crippen LogP contribution in [0.3, 0.4) is 0 Å². The average Bonchev–Trinajstić information content (AvgIpc) is 3.30. The van der Waals surface area contributed by atoms with Crippen molar-refractivity contribution in [1.82, 2.24) is 19.1 Å². The minimum absolute atomic E-state index is 0.0107. The van der Waals surface area contributed by atoms with Crippen LogP contribution in [0, 0.1) is 0 Å². The largest absolute Gasteiger partial charge is 0.504 e. The first kappa shape index (κ1) is 22.9. The molecule has 0 radical (unpaired) electrons. The third-order valence-electron chi connectivity index (χ3n) is 5.33. The molecule has 0 unspecified atom stereocenters. The molecule has 4 aromatic rings. The van der Waals surface area contributed by atoms with Gasteiger partial charge in [0.05, 0.1) is 28.8 Å². The number of benzene rings is 2. The van der Waals surface area contributed by atoms with Crippen LogP contribution in [0.1, 0.15) is 28.7 Å². The molecule has 2 aromatic carbocycles. The van der Waals surface area contributed by atoms with Crippen molar-refractivity contribution in [3.63, 3.8) is 0 Å². The van der Waals surface area contributed by atoms with Gasteiger partial charge < -0.3 is 10.4 Å². The lowest BCUT2D eigenvalue weighted by atomic mass is 10.2. The van der Waals surface area contributed by atoms with Gasteiger partial charge in [-0.1, -0.05) is 37.3 Å². The van der Waals surface area contributed by atoms with Crippen molar-refractivity contribution in [2.24, 2.45) is 7.05 Å². The van der Waals surface area contributed by atoms with E-state index in [1.807, 2.05) is 0 Å². The van der Waals surface area contributed by atoms with E-state index in [0.717, 1.165) is 16.9 Å². The minimum Gasteiger partial charge on any atom is -0.504 e. The van der Waals surface area contributed by atoms with Gasteiger partial charge in [-0.2, -0.15) is 18.3 Å². The van der Waals surface area contributed by atoms with Gasteiger partial charge in [-0.3, -0.25) is 14.3 Å². The Labute approximate surface area is 191 Å². The number of amides is 1. The molecule has 11 heteroatoms. The summed E-state index contributed by atoms with van der Waals surface area (Å²) < 4.78 is 43.9. The number of hydrogen-bond acceptors (Lipinski definition) is 4. The maximum absolute atomic E-state index is 13.4. The molecule has 2 N–H and O–H groups in total. The van der Waals surface area contributed by atoms with Crippen LogP contribution < -0.4 is 10.9 Å². The fourth-order valence-electron chi connectivity index (χ4n) is 3.77. The number of para-hydroxylation sites is 2. The van der Waals surface area contributed by atoms with Crippen molar-refractivity contribution in [1.29, 1.82) is 0 Å². The van der Waals surface area contributed by atoms with Crippen LogP contribution >= 0.6 is 0 Å². The van der Waals surface area contributed by atoms with Crippen molar-refractivity contribution < 1.29 is 23.1 Å². The van der Waals surface area contributed by atoms with Gasteiger partial charge in [-0.15, -0.1) is 0 Å². The number of nitrogens with zero attached hydrogens (tertiary/aromatic N) is 4. The molecule has 8 nitrogen and oxygen atoms in total. The summed E-state index contributed by atoms with van der Waals surface area (Å²) in [5.74, 6) is -1.56. The zero-order valence-corrected chi connectivity index (χ0v) is 18.2. The van der Waals surface area contributed by atoms with E-state index in [2.05, 4.69) is 10.4 Å². The highest BCUT2D eigenvalue weighted by Gasteiger charge is 2.34. The number of nitrogens with one attached hydrogen (secondary N) is 1. The summed E-state index contributed by atoms with van der Waals surface area (Å²) in [6.07, 6.45) is -3.35. The van der Waals surface area contributed by atoms with Crippen LogP contribution in [0.15, 0.2) is 65.6 Å². The minimum atomic E-state index is -4.66. The molecule has 1 amide bonds. The highest BCUT2D eigenvalue weighted by molar-refractivity contribution is 6.04. The average molecular weight is 471 g/mol. The predicted molar refractivity (Wildman–Crippen MR) is 119 cm³/mol. The fraction of sp³-hybridized carbons (Fsp3) is 0.174. The van der Waals surface area contributed by atoms with Crippen LogP contribution in [-0.4, -0.2) is 30.2 Å². The molecule has 2 aromatic heterocycles. The molecule has 0 aliphatic carbocycles. The predicted octanol–water partition coefficient (Wildman–Crippen LogP) is 3.90.